The van der Waals surface area contributed by atoms with E-state index in [1.54, 1.807) is 24.3 Å². The number of amides is 1. The molecular weight excluding hydrogens is 354 g/mol. The molecule has 9 heteroatoms. The first-order valence-electron chi connectivity index (χ1n) is 8.08. The lowest BCUT2D eigenvalue weighted by atomic mass is 10.0. The number of carbonyl (C=O) groups is 2. The first-order chi connectivity index (χ1) is 13.0. The highest BCUT2D eigenvalue weighted by Gasteiger charge is 2.25. The van der Waals surface area contributed by atoms with Crippen molar-refractivity contribution in [2.45, 2.75) is 12.1 Å². The standard InChI is InChI=1S/C18H19N3O6/c22-13-7-3-1-5-11(13)15(17(24)21-27)19-9-10-20-16(18(25)26)12-6-2-4-8-14(12)23/h1-8,15-16,19-20,22-23H,9-10H2,(H,25,26). The Labute approximate surface area is 154 Å². The van der Waals surface area contributed by atoms with Crippen molar-refractivity contribution in [2.24, 2.45) is 5.18 Å². The summed E-state index contributed by atoms with van der Waals surface area (Å²) in [5.41, 5.74) is 0.394. The molecule has 27 heavy (non-hydrogen) atoms. The van der Waals surface area contributed by atoms with Crippen LogP contribution in [0.1, 0.15) is 23.2 Å². The first kappa shape index (κ1) is 20.0. The average molecular weight is 373 g/mol. The topological polar surface area (TPSA) is 148 Å². The normalized spacial score (nSPS) is 12.9. The fourth-order valence-corrected chi connectivity index (χ4v) is 2.61. The van der Waals surface area contributed by atoms with Gasteiger partial charge in [0, 0.05) is 29.4 Å². The Morgan fingerprint density at radius 1 is 0.852 bits per heavy atom. The quantitative estimate of drug-likeness (QED) is 0.327. The number of aromatic hydroxyl groups is 2. The molecule has 0 bridgehead atoms. The second-order valence-corrected chi connectivity index (χ2v) is 5.66. The fraction of sp³-hybridized carbons (Fsp3) is 0.222. The van der Waals surface area contributed by atoms with Gasteiger partial charge < -0.3 is 20.6 Å². The van der Waals surface area contributed by atoms with E-state index in [4.69, 9.17) is 0 Å². The number of hydrogen-bond donors (Lipinski definition) is 5. The van der Waals surface area contributed by atoms with E-state index in [0.29, 0.717) is 0 Å². The number of carboxylic acid groups (broad SMARTS) is 1. The van der Waals surface area contributed by atoms with Crippen LogP contribution in [0.2, 0.25) is 0 Å². The van der Waals surface area contributed by atoms with Crippen molar-refractivity contribution in [2.75, 3.05) is 13.1 Å². The van der Waals surface area contributed by atoms with Crippen LogP contribution in [-0.2, 0) is 9.59 Å². The van der Waals surface area contributed by atoms with E-state index in [9.17, 15) is 29.8 Å². The number of benzene rings is 2. The molecule has 0 aliphatic carbocycles. The van der Waals surface area contributed by atoms with Crippen LogP contribution in [0.25, 0.3) is 0 Å². The van der Waals surface area contributed by atoms with Gasteiger partial charge in [-0.05, 0) is 12.1 Å². The minimum atomic E-state index is -1.18. The number of rotatable bonds is 9. The lowest BCUT2D eigenvalue weighted by Crippen LogP contribution is -2.37. The Bertz CT molecular complexity index is 826. The summed E-state index contributed by atoms with van der Waals surface area (Å²) < 4.78 is 0. The Morgan fingerprint density at radius 2 is 1.30 bits per heavy atom. The van der Waals surface area contributed by atoms with E-state index in [1.165, 1.54) is 24.3 Å². The third-order valence-corrected chi connectivity index (χ3v) is 3.90. The van der Waals surface area contributed by atoms with Gasteiger partial charge in [0.2, 0.25) is 0 Å². The minimum absolute atomic E-state index is 0.0949. The summed E-state index contributed by atoms with van der Waals surface area (Å²) in [6.07, 6.45) is 0. The summed E-state index contributed by atoms with van der Waals surface area (Å²) in [5.74, 6) is -2.51. The van der Waals surface area contributed by atoms with E-state index in [-0.39, 0.29) is 35.7 Å². The summed E-state index contributed by atoms with van der Waals surface area (Å²) in [5, 5.41) is 37.0. The number of phenolic OH excluding ortho intramolecular Hbond substituents is 2. The number of nitroso groups, excluding NO2 is 1. The molecule has 0 spiro atoms. The van der Waals surface area contributed by atoms with E-state index >= 15 is 0 Å². The molecule has 5 N–H and O–H groups in total. The first-order valence-corrected chi connectivity index (χ1v) is 8.08. The average Bonchev–Trinajstić information content (AvgIpc) is 2.66. The molecule has 0 radical (unpaired) electrons. The van der Waals surface area contributed by atoms with E-state index in [1.807, 2.05) is 0 Å². The maximum atomic E-state index is 11.8. The zero-order valence-corrected chi connectivity index (χ0v) is 14.2. The molecule has 1 amide bonds. The van der Waals surface area contributed by atoms with Crippen molar-refractivity contribution in [3.8, 4) is 11.5 Å². The van der Waals surface area contributed by atoms with Crippen LogP contribution in [0.5, 0.6) is 11.5 Å². The van der Waals surface area contributed by atoms with Crippen LogP contribution in [-0.4, -0.2) is 40.3 Å². The monoisotopic (exact) mass is 373 g/mol. The van der Waals surface area contributed by atoms with Gasteiger partial charge in [0.25, 0.3) is 0 Å². The second kappa shape index (κ2) is 9.41. The van der Waals surface area contributed by atoms with Crippen LogP contribution in [0.3, 0.4) is 0 Å². The Hall–Kier alpha value is -3.30. The van der Waals surface area contributed by atoms with Gasteiger partial charge in [-0.1, -0.05) is 36.4 Å². The van der Waals surface area contributed by atoms with Gasteiger partial charge in [-0.2, -0.15) is 0 Å². The third-order valence-electron chi connectivity index (χ3n) is 3.90. The number of carboxylic acids is 1. The van der Waals surface area contributed by atoms with Crippen LogP contribution in [0.15, 0.2) is 53.7 Å². The molecule has 0 saturated heterocycles. The summed E-state index contributed by atoms with van der Waals surface area (Å²) >= 11 is 0. The van der Waals surface area contributed by atoms with Gasteiger partial charge >= 0.3 is 11.9 Å². The smallest absolute Gasteiger partial charge is 0.325 e. The zero-order chi connectivity index (χ0) is 19.8. The van der Waals surface area contributed by atoms with Crippen LogP contribution < -0.4 is 10.6 Å². The predicted octanol–water partition coefficient (Wildman–Crippen LogP) is 1.44. The van der Waals surface area contributed by atoms with Crippen LogP contribution >= 0.6 is 0 Å². The number of para-hydroxylation sites is 2. The van der Waals surface area contributed by atoms with Crippen molar-refractivity contribution in [1.29, 1.82) is 0 Å². The molecule has 0 fully saturated rings. The Balaban J connectivity index is 2.03. The van der Waals surface area contributed by atoms with Crippen molar-refractivity contribution in [3.63, 3.8) is 0 Å². The van der Waals surface area contributed by atoms with Gasteiger partial charge in [0.05, 0.1) is 0 Å². The van der Waals surface area contributed by atoms with Gasteiger partial charge in [-0.15, -0.1) is 4.91 Å². The van der Waals surface area contributed by atoms with Crippen molar-refractivity contribution in [1.82, 2.24) is 10.6 Å². The number of nitrogens with one attached hydrogen (secondary N) is 2. The maximum Gasteiger partial charge on any atom is 0.325 e. The zero-order valence-electron chi connectivity index (χ0n) is 14.2. The summed E-state index contributed by atoms with van der Waals surface area (Å²) in [6.45, 7) is 0.194. The molecule has 0 aliphatic rings. The largest absolute Gasteiger partial charge is 0.508 e. The lowest BCUT2D eigenvalue weighted by molar-refractivity contribution is -0.139. The Morgan fingerprint density at radius 3 is 1.74 bits per heavy atom. The van der Waals surface area contributed by atoms with Crippen LogP contribution in [0.4, 0.5) is 0 Å². The summed E-state index contributed by atoms with van der Waals surface area (Å²) in [7, 11) is 0. The molecule has 0 saturated carbocycles. The van der Waals surface area contributed by atoms with E-state index < -0.39 is 24.0 Å². The molecule has 2 unspecified atom stereocenters. The molecule has 0 aliphatic heterocycles. The maximum absolute atomic E-state index is 11.8. The number of phenols is 2. The minimum Gasteiger partial charge on any atom is -0.508 e. The predicted molar refractivity (Wildman–Crippen MR) is 96.1 cm³/mol. The molecule has 0 heterocycles. The molecule has 2 aromatic carbocycles. The van der Waals surface area contributed by atoms with Gasteiger partial charge in [0.1, 0.15) is 23.6 Å². The SMILES string of the molecule is O=NC(=O)C(NCCNC(C(=O)O)c1ccccc1O)c1ccccc1O. The van der Waals surface area contributed by atoms with E-state index in [2.05, 4.69) is 15.8 Å². The molecular formula is C18H19N3O6. The van der Waals surface area contributed by atoms with Crippen LogP contribution in [0, 0.1) is 4.91 Å². The highest BCUT2D eigenvalue weighted by molar-refractivity contribution is 5.84. The molecule has 2 atom stereocenters. The second-order valence-electron chi connectivity index (χ2n) is 5.66. The molecule has 2 aromatic rings. The van der Waals surface area contributed by atoms with Gasteiger partial charge in [-0.3, -0.25) is 14.9 Å². The number of carbonyl (C=O) groups excluding carboxylic acids is 1. The summed E-state index contributed by atoms with van der Waals surface area (Å²) in [6, 6.07) is 9.76. The molecule has 9 nitrogen and oxygen atoms in total. The fourth-order valence-electron chi connectivity index (χ4n) is 2.61. The highest BCUT2D eigenvalue weighted by Crippen LogP contribution is 2.25. The van der Waals surface area contributed by atoms with Crippen molar-refractivity contribution < 1.29 is 24.9 Å². The summed E-state index contributed by atoms with van der Waals surface area (Å²) in [4.78, 5) is 33.9. The number of nitrogens with zero attached hydrogens (tertiary/aromatic N) is 1. The number of aliphatic carboxylic acids is 1. The number of hydrogen-bond acceptors (Lipinski definition) is 7. The lowest BCUT2D eigenvalue weighted by Gasteiger charge is -2.19. The van der Waals surface area contributed by atoms with Gasteiger partial charge in [-0.25, -0.2) is 0 Å². The highest BCUT2D eigenvalue weighted by atomic mass is 16.4. The third kappa shape index (κ3) is 5.09. The molecule has 2 rings (SSSR count). The van der Waals surface area contributed by atoms with Gasteiger partial charge in [0.15, 0.2) is 0 Å². The van der Waals surface area contributed by atoms with Crippen molar-refractivity contribution in [3.05, 3.63) is 64.6 Å². The molecule has 0 aromatic heterocycles. The van der Waals surface area contributed by atoms with Crippen molar-refractivity contribution >= 4 is 11.9 Å². The molecule has 142 valence electrons. The van der Waals surface area contributed by atoms with E-state index in [0.717, 1.165) is 0 Å². The Kier molecular flexibility index (Phi) is 6.98.